The third-order valence-corrected chi connectivity index (χ3v) is 3.05. The van der Waals surface area contributed by atoms with E-state index in [-0.39, 0.29) is 12.5 Å². The monoisotopic (exact) mass is 260 g/mol. The molecule has 1 aliphatic heterocycles. The molecular weight excluding hydrogens is 236 g/mol. The van der Waals surface area contributed by atoms with E-state index in [9.17, 15) is 4.79 Å². The summed E-state index contributed by atoms with van der Waals surface area (Å²) in [6, 6.07) is 0. The molecule has 0 saturated carbocycles. The van der Waals surface area contributed by atoms with E-state index in [1.807, 2.05) is 0 Å². The first kappa shape index (κ1) is 15.2. The summed E-state index contributed by atoms with van der Waals surface area (Å²) in [5, 5.41) is 0. The summed E-state index contributed by atoms with van der Waals surface area (Å²) in [6.45, 7) is 6.27. The lowest BCUT2D eigenvalue weighted by atomic mass is 9.94. The van der Waals surface area contributed by atoms with E-state index in [0.29, 0.717) is 0 Å². The summed E-state index contributed by atoms with van der Waals surface area (Å²) < 4.78 is 9.90. The van der Waals surface area contributed by atoms with Crippen LogP contribution in [0.4, 0.5) is 4.79 Å². The van der Waals surface area contributed by atoms with Gasteiger partial charge in [0.05, 0.1) is 12.5 Å². The van der Waals surface area contributed by atoms with E-state index in [2.05, 4.69) is 13.8 Å². The van der Waals surface area contributed by atoms with Gasteiger partial charge in [-0.2, -0.15) is 9.78 Å². The van der Waals surface area contributed by atoms with Crippen molar-refractivity contribution in [2.24, 2.45) is 5.92 Å². The van der Waals surface area contributed by atoms with Crippen molar-refractivity contribution in [3.8, 4) is 0 Å². The Morgan fingerprint density at radius 2 is 1.67 bits per heavy atom. The first-order valence-electron chi connectivity index (χ1n) is 6.91. The standard InChI is InChI=1S/C13H24O5/c1-4-7-9-11(10-8-5-2)13(17-18-13)16-12(14)15-6-3/h11H,4-10H2,1-3H3. The molecule has 0 radical (unpaired) electrons. The van der Waals surface area contributed by atoms with Gasteiger partial charge >= 0.3 is 12.1 Å². The molecule has 0 amide bonds. The number of carbonyl (C=O) groups excluding carboxylic acids is 1. The van der Waals surface area contributed by atoms with E-state index in [1.54, 1.807) is 6.92 Å². The predicted octanol–water partition coefficient (Wildman–Crippen LogP) is 3.77. The highest BCUT2D eigenvalue weighted by molar-refractivity contribution is 5.60. The molecule has 0 atom stereocenters. The van der Waals surface area contributed by atoms with Crippen molar-refractivity contribution in [1.29, 1.82) is 0 Å². The number of rotatable bonds is 9. The molecule has 0 aromatic carbocycles. The molecule has 0 bridgehead atoms. The highest BCUT2D eigenvalue weighted by Gasteiger charge is 2.60. The topological polar surface area (TPSA) is 60.6 Å². The Morgan fingerprint density at radius 3 is 2.06 bits per heavy atom. The maximum Gasteiger partial charge on any atom is 0.512 e. The lowest BCUT2D eigenvalue weighted by molar-refractivity contribution is -0.0803. The van der Waals surface area contributed by atoms with Gasteiger partial charge in [-0.05, 0) is 19.8 Å². The van der Waals surface area contributed by atoms with Crippen LogP contribution < -0.4 is 0 Å². The first-order chi connectivity index (χ1) is 8.68. The molecule has 106 valence electrons. The molecule has 0 spiro atoms. The van der Waals surface area contributed by atoms with Crippen molar-refractivity contribution in [1.82, 2.24) is 0 Å². The zero-order valence-corrected chi connectivity index (χ0v) is 11.6. The SMILES string of the molecule is CCCCC(CCCC)C1(OC(=O)OCC)OO1. The van der Waals surface area contributed by atoms with Crippen LogP contribution in [-0.4, -0.2) is 18.7 Å². The second-order valence-corrected chi connectivity index (χ2v) is 4.54. The van der Waals surface area contributed by atoms with Crippen LogP contribution >= 0.6 is 0 Å². The maximum absolute atomic E-state index is 11.3. The van der Waals surface area contributed by atoms with Crippen molar-refractivity contribution in [3.63, 3.8) is 0 Å². The first-order valence-corrected chi connectivity index (χ1v) is 6.91. The summed E-state index contributed by atoms with van der Waals surface area (Å²) in [6.07, 6.45) is 5.44. The average Bonchev–Trinajstić information content (AvgIpc) is 3.10. The summed E-state index contributed by atoms with van der Waals surface area (Å²) >= 11 is 0. The Hall–Kier alpha value is -0.810. The van der Waals surface area contributed by atoms with Crippen molar-refractivity contribution >= 4 is 6.16 Å². The van der Waals surface area contributed by atoms with Gasteiger partial charge in [-0.3, -0.25) is 0 Å². The van der Waals surface area contributed by atoms with E-state index in [0.717, 1.165) is 38.5 Å². The Morgan fingerprint density at radius 1 is 1.11 bits per heavy atom. The molecule has 0 aromatic rings. The molecule has 0 aliphatic carbocycles. The Bertz CT molecular complexity index is 242. The Kier molecular flexibility index (Phi) is 6.43. The Labute approximate surface area is 109 Å². The summed E-state index contributed by atoms with van der Waals surface area (Å²) in [5.41, 5.74) is 0. The third-order valence-electron chi connectivity index (χ3n) is 3.05. The smallest absolute Gasteiger partial charge is 0.434 e. The van der Waals surface area contributed by atoms with Crippen LogP contribution in [0.5, 0.6) is 0 Å². The van der Waals surface area contributed by atoms with Gasteiger partial charge in [0, 0.05) is 0 Å². The van der Waals surface area contributed by atoms with Gasteiger partial charge in [-0.25, -0.2) is 4.79 Å². The molecular formula is C13H24O5. The zero-order valence-electron chi connectivity index (χ0n) is 11.6. The predicted molar refractivity (Wildman–Crippen MR) is 65.5 cm³/mol. The average molecular weight is 260 g/mol. The number of hydrogen-bond donors (Lipinski definition) is 0. The van der Waals surface area contributed by atoms with Crippen LogP contribution in [0.1, 0.15) is 59.3 Å². The minimum atomic E-state index is -1.18. The lowest BCUT2D eigenvalue weighted by Crippen LogP contribution is -2.30. The van der Waals surface area contributed by atoms with Crippen LogP contribution in [-0.2, 0) is 19.2 Å². The van der Waals surface area contributed by atoms with Crippen LogP contribution in [0.3, 0.4) is 0 Å². The third kappa shape index (κ3) is 4.46. The van der Waals surface area contributed by atoms with E-state index < -0.39 is 12.1 Å². The van der Waals surface area contributed by atoms with Gasteiger partial charge in [-0.15, -0.1) is 0 Å². The highest BCUT2D eigenvalue weighted by atomic mass is 17.5. The summed E-state index contributed by atoms with van der Waals surface area (Å²) in [7, 11) is 0. The fraction of sp³-hybridized carbons (Fsp3) is 0.923. The van der Waals surface area contributed by atoms with Crippen molar-refractivity contribution < 1.29 is 24.0 Å². The molecule has 5 nitrogen and oxygen atoms in total. The van der Waals surface area contributed by atoms with Gasteiger partial charge in [-0.1, -0.05) is 39.5 Å². The second kappa shape index (κ2) is 7.59. The normalized spacial score (nSPS) is 16.7. The van der Waals surface area contributed by atoms with Gasteiger partial charge in [0.15, 0.2) is 0 Å². The van der Waals surface area contributed by atoms with Gasteiger partial charge in [0.1, 0.15) is 0 Å². The molecule has 1 aliphatic rings. The van der Waals surface area contributed by atoms with Crippen molar-refractivity contribution in [3.05, 3.63) is 0 Å². The molecule has 1 fully saturated rings. The van der Waals surface area contributed by atoms with E-state index >= 15 is 0 Å². The fourth-order valence-electron chi connectivity index (χ4n) is 1.96. The number of hydrogen-bond acceptors (Lipinski definition) is 5. The molecule has 18 heavy (non-hydrogen) atoms. The summed E-state index contributed by atoms with van der Waals surface area (Å²) in [4.78, 5) is 21.2. The number of carbonyl (C=O) groups is 1. The molecule has 5 heteroatoms. The van der Waals surface area contributed by atoms with Gasteiger partial charge in [0.2, 0.25) is 0 Å². The molecule has 1 saturated heterocycles. The molecule has 0 aromatic heterocycles. The highest BCUT2D eigenvalue weighted by Crippen LogP contribution is 2.44. The second-order valence-electron chi connectivity index (χ2n) is 4.54. The van der Waals surface area contributed by atoms with Crippen LogP contribution in [0, 0.1) is 5.92 Å². The lowest BCUT2D eigenvalue weighted by Gasteiger charge is -2.19. The zero-order chi connectivity index (χ0) is 13.4. The van der Waals surface area contributed by atoms with E-state index in [1.165, 1.54) is 0 Å². The largest absolute Gasteiger partial charge is 0.512 e. The fourth-order valence-corrected chi connectivity index (χ4v) is 1.96. The Balaban J connectivity index is 2.50. The minimum absolute atomic E-state index is 0.0850. The van der Waals surface area contributed by atoms with Crippen molar-refractivity contribution in [2.75, 3.05) is 6.61 Å². The molecule has 1 rings (SSSR count). The quantitative estimate of drug-likeness (QED) is 0.359. The molecule has 1 heterocycles. The molecule has 0 N–H and O–H groups in total. The van der Waals surface area contributed by atoms with Gasteiger partial charge < -0.3 is 9.47 Å². The van der Waals surface area contributed by atoms with E-state index in [4.69, 9.17) is 19.2 Å². The minimum Gasteiger partial charge on any atom is -0.434 e. The number of ether oxygens (including phenoxy) is 2. The molecule has 0 unspecified atom stereocenters. The maximum atomic E-state index is 11.3. The van der Waals surface area contributed by atoms with Crippen molar-refractivity contribution in [2.45, 2.75) is 65.3 Å². The van der Waals surface area contributed by atoms with Crippen LogP contribution in [0.2, 0.25) is 0 Å². The van der Waals surface area contributed by atoms with Crippen LogP contribution in [0.15, 0.2) is 0 Å². The number of unbranched alkanes of at least 4 members (excludes halogenated alkanes) is 2. The van der Waals surface area contributed by atoms with Gasteiger partial charge in [0.25, 0.3) is 0 Å². The van der Waals surface area contributed by atoms with Crippen LogP contribution in [0.25, 0.3) is 0 Å². The summed E-state index contributed by atoms with van der Waals surface area (Å²) in [5.74, 6) is -1.10.